The van der Waals surface area contributed by atoms with Crippen molar-refractivity contribution in [3.05, 3.63) is 0 Å². The van der Waals surface area contributed by atoms with Gasteiger partial charge in [0.05, 0.1) is 12.6 Å². The van der Waals surface area contributed by atoms with Crippen LogP contribution < -0.4 is 0 Å². The van der Waals surface area contributed by atoms with E-state index in [-0.39, 0.29) is 0 Å². The molecule has 0 aromatic carbocycles. The first-order chi connectivity index (χ1) is 8.03. The molecule has 0 bridgehead atoms. The van der Waals surface area contributed by atoms with Crippen LogP contribution in [0.15, 0.2) is 0 Å². The molecule has 0 saturated carbocycles. The van der Waals surface area contributed by atoms with Gasteiger partial charge in [0.25, 0.3) is 10.1 Å². The molecule has 0 spiro atoms. The van der Waals surface area contributed by atoms with Crippen LogP contribution >= 0.6 is 0 Å². The van der Waals surface area contributed by atoms with Crippen LogP contribution in [0.4, 0.5) is 0 Å². The summed E-state index contributed by atoms with van der Waals surface area (Å²) in [6, 6.07) is -1.21. The molecule has 9 nitrogen and oxygen atoms in total. The summed E-state index contributed by atoms with van der Waals surface area (Å²) < 4.78 is 29.5. The summed E-state index contributed by atoms with van der Waals surface area (Å²) in [5.74, 6) is -3.62. The fraction of sp³-hybridized carbons (Fsp3) is 0.750. The fourth-order valence-electron chi connectivity index (χ4n) is 1.26. The summed E-state index contributed by atoms with van der Waals surface area (Å²) in [7, 11) is -4.41. The number of rotatable bonds is 8. The molecular formula is C8H15NO8S. The zero-order valence-corrected chi connectivity index (χ0v) is 10.4. The molecule has 10 heteroatoms. The zero-order valence-electron chi connectivity index (χ0n) is 9.55. The normalized spacial score (nSPS) is 15.3. The summed E-state index contributed by atoms with van der Waals surface area (Å²) in [5, 5.41) is 26.6. The monoisotopic (exact) mass is 285 g/mol. The molecule has 106 valence electrons. The molecule has 0 aromatic heterocycles. The minimum absolute atomic E-state index is 0.500. The van der Waals surface area contributed by atoms with Crippen LogP contribution in [0.5, 0.6) is 0 Å². The molecule has 0 aliphatic heterocycles. The lowest BCUT2D eigenvalue weighted by molar-refractivity contribution is -0.146. The van der Waals surface area contributed by atoms with E-state index in [0.29, 0.717) is 0 Å². The highest BCUT2D eigenvalue weighted by Crippen LogP contribution is 2.03. The van der Waals surface area contributed by atoms with E-state index in [1.54, 1.807) is 0 Å². The highest BCUT2D eigenvalue weighted by atomic mass is 32.2. The van der Waals surface area contributed by atoms with Crippen LogP contribution in [0.1, 0.15) is 6.92 Å². The Hall–Kier alpha value is -1.23. The number of carboxylic acids is 2. The Kier molecular flexibility index (Phi) is 6.18. The topological polar surface area (TPSA) is 152 Å². The summed E-state index contributed by atoms with van der Waals surface area (Å²) in [4.78, 5) is 22.1. The zero-order chi connectivity index (χ0) is 14.5. The molecule has 18 heavy (non-hydrogen) atoms. The Labute approximate surface area is 103 Å². The highest BCUT2D eigenvalue weighted by Gasteiger charge is 2.26. The Morgan fingerprint density at radius 1 is 1.28 bits per heavy atom. The maximum atomic E-state index is 10.7. The van der Waals surface area contributed by atoms with Crippen LogP contribution in [0.2, 0.25) is 0 Å². The predicted octanol–water partition coefficient (Wildman–Crippen LogP) is -1.91. The van der Waals surface area contributed by atoms with Gasteiger partial charge in [-0.15, -0.1) is 0 Å². The average molecular weight is 285 g/mol. The molecule has 2 atom stereocenters. The first-order valence-corrected chi connectivity index (χ1v) is 6.45. The van der Waals surface area contributed by atoms with Crippen LogP contribution in [0, 0.1) is 0 Å². The van der Waals surface area contributed by atoms with Crippen LogP contribution in [-0.2, 0) is 19.7 Å². The summed E-state index contributed by atoms with van der Waals surface area (Å²) in [6.45, 7) is 0.0288. The highest BCUT2D eigenvalue weighted by molar-refractivity contribution is 7.85. The fourth-order valence-corrected chi connectivity index (χ4v) is 1.85. The van der Waals surface area contributed by atoms with Crippen molar-refractivity contribution in [2.24, 2.45) is 0 Å². The second-order valence-electron chi connectivity index (χ2n) is 3.74. The van der Waals surface area contributed by atoms with Gasteiger partial charge in [-0.1, -0.05) is 0 Å². The lowest BCUT2D eigenvalue weighted by Crippen LogP contribution is -2.47. The lowest BCUT2D eigenvalue weighted by atomic mass is 10.2. The maximum absolute atomic E-state index is 10.7. The van der Waals surface area contributed by atoms with Gasteiger partial charge in [-0.25, -0.2) is 0 Å². The minimum Gasteiger partial charge on any atom is -0.480 e. The second-order valence-corrected chi connectivity index (χ2v) is 5.24. The van der Waals surface area contributed by atoms with Crippen LogP contribution in [0.25, 0.3) is 0 Å². The van der Waals surface area contributed by atoms with Crippen LogP contribution in [-0.4, -0.2) is 76.1 Å². The molecule has 0 heterocycles. The Morgan fingerprint density at radius 2 is 1.78 bits per heavy atom. The molecule has 4 N–H and O–H groups in total. The third kappa shape index (κ3) is 7.17. The molecule has 0 saturated heterocycles. The second kappa shape index (κ2) is 6.64. The third-order valence-electron chi connectivity index (χ3n) is 2.09. The van der Waals surface area contributed by atoms with Crippen LogP contribution in [0.3, 0.4) is 0 Å². The van der Waals surface area contributed by atoms with Gasteiger partial charge >= 0.3 is 11.9 Å². The van der Waals surface area contributed by atoms with Gasteiger partial charge in [0.1, 0.15) is 11.8 Å². The summed E-state index contributed by atoms with van der Waals surface area (Å²) in [6.07, 6.45) is -1.58. The molecule has 0 amide bonds. The number of nitrogens with zero attached hydrogens (tertiary/aromatic N) is 1. The van der Waals surface area contributed by atoms with E-state index in [2.05, 4.69) is 0 Å². The van der Waals surface area contributed by atoms with Gasteiger partial charge < -0.3 is 15.3 Å². The predicted molar refractivity (Wildman–Crippen MR) is 58.7 cm³/mol. The number of hydrogen-bond acceptors (Lipinski definition) is 6. The molecule has 0 aliphatic carbocycles. The van der Waals surface area contributed by atoms with Gasteiger partial charge in [0.2, 0.25) is 0 Å². The molecule has 0 radical (unpaired) electrons. The van der Waals surface area contributed by atoms with Crippen molar-refractivity contribution in [3.8, 4) is 0 Å². The molecule has 0 aliphatic rings. The van der Waals surface area contributed by atoms with Gasteiger partial charge in [-0.05, 0) is 6.92 Å². The van der Waals surface area contributed by atoms with Crippen molar-refractivity contribution in [3.63, 3.8) is 0 Å². The van der Waals surface area contributed by atoms with E-state index in [9.17, 15) is 23.1 Å². The Bertz CT molecular complexity index is 405. The number of carboxylic acid groups (broad SMARTS) is 2. The first-order valence-electron chi connectivity index (χ1n) is 4.84. The van der Waals surface area contributed by atoms with E-state index < -0.39 is 53.0 Å². The Balaban J connectivity index is 4.68. The number of carbonyl (C=O) groups is 2. The number of aliphatic hydroxyl groups excluding tert-OH is 1. The molecule has 0 fully saturated rings. The van der Waals surface area contributed by atoms with Gasteiger partial charge in [0, 0.05) is 6.54 Å². The SMILES string of the molecule is C[C@@H](C(=O)O)N(CC(=O)O)CC(O)CS(=O)(=O)O. The standard InChI is InChI=1S/C8H15NO8S/c1-5(8(13)14)9(3-7(11)12)2-6(10)4-18(15,16)17/h5-6,10H,2-4H2,1H3,(H,11,12)(H,13,14)(H,15,16,17)/t5-,6?/m0/s1. The van der Waals surface area contributed by atoms with Crippen molar-refractivity contribution >= 4 is 22.1 Å². The average Bonchev–Trinajstić information content (AvgIpc) is 2.11. The quantitative estimate of drug-likeness (QED) is 0.374. The minimum atomic E-state index is -4.41. The van der Waals surface area contributed by atoms with Crippen molar-refractivity contribution in [2.45, 2.75) is 19.1 Å². The lowest BCUT2D eigenvalue weighted by Gasteiger charge is -2.26. The van der Waals surface area contributed by atoms with E-state index in [1.807, 2.05) is 0 Å². The van der Waals surface area contributed by atoms with E-state index >= 15 is 0 Å². The van der Waals surface area contributed by atoms with Gasteiger partial charge in [-0.3, -0.25) is 19.0 Å². The first kappa shape index (κ1) is 16.8. The maximum Gasteiger partial charge on any atom is 0.320 e. The van der Waals surface area contributed by atoms with Gasteiger partial charge in [-0.2, -0.15) is 8.42 Å². The molecular weight excluding hydrogens is 270 g/mol. The number of aliphatic hydroxyl groups is 1. The van der Waals surface area contributed by atoms with E-state index in [4.69, 9.17) is 14.8 Å². The smallest absolute Gasteiger partial charge is 0.320 e. The summed E-state index contributed by atoms with van der Waals surface area (Å²) in [5.41, 5.74) is 0. The van der Waals surface area contributed by atoms with E-state index in [1.165, 1.54) is 6.92 Å². The molecule has 1 unspecified atom stereocenters. The molecule has 0 aromatic rings. The largest absolute Gasteiger partial charge is 0.480 e. The Morgan fingerprint density at radius 3 is 2.11 bits per heavy atom. The van der Waals surface area contributed by atoms with Crippen molar-refractivity contribution in [1.82, 2.24) is 4.90 Å². The molecule has 0 rings (SSSR count). The van der Waals surface area contributed by atoms with Crippen molar-refractivity contribution in [1.29, 1.82) is 0 Å². The number of aliphatic carboxylic acids is 2. The summed E-state index contributed by atoms with van der Waals surface area (Å²) >= 11 is 0. The van der Waals surface area contributed by atoms with E-state index in [0.717, 1.165) is 4.90 Å². The van der Waals surface area contributed by atoms with Gasteiger partial charge in [0.15, 0.2) is 0 Å². The number of hydrogen-bond donors (Lipinski definition) is 4. The van der Waals surface area contributed by atoms with Crippen molar-refractivity contribution in [2.75, 3.05) is 18.8 Å². The third-order valence-corrected chi connectivity index (χ3v) is 2.90. The van der Waals surface area contributed by atoms with Crippen molar-refractivity contribution < 1.29 is 37.9 Å².